The van der Waals surface area contributed by atoms with Gasteiger partial charge in [0.1, 0.15) is 11.3 Å². The number of fused-ring (bicyclic) bond motifs is 1. The zero-order chi connectivity index (χ0) is 18.5. The Morgan fingerprint density at radius 1 is 1.00 bits per heavy atom. The predicted molar refractivity (Wildman–Crippen MR) is 101 cm³/mol. The molecule has 0 amide bonds. The highest BCUT2D eigenvalue weighted by atomic mass is 19.1. The highest BCUT2D eigenvalue weighted by Gasteiger charge is 2.30. The molecule has 8 heteroatoms. The summed E-state index contributed by atoms with van der Waals surface area (Å²) in [5.74, 6) is 2.30. The van der Waals surface area contributed by atoms with E-state index < -0.39 is 0 Å². The first-order valence-electron chi connectivity index (χ1n) is 9.45. The molecule has 0 atom stereocenters. The molecule has 0 bridgehead atoms. The van der Waals surface area contributed by atoms with Crippen molar-refractivity contribution in [2.75, 3.05) is 36.0 Å². The fraction of sp³-hybridized carbons (Fsp3) is 0.474. The van der Waals surface area contributed by atoms with Crippen LogP contribution in [-0.2, 0) is 0 Å². The van der Waals surface area contributed by atoms with Crippen molar-refractivity contribution in [3.63, 3.8) is 0 Å². The zero-order valence-electron chi connectivity index (χ0n) is 15.6. The zero-order valence-corrected chi connectivity index (χ0v) is 15.6. The Bertz CT molecular complexity index is 1000. The Labute approximate surface area is 156 Å². The second kappa shape index (κ2) is 6.14. The first-order valence-corrected chi connectivity index (χ1v) is 9.45. The van der Waals surface area contributed by atoms with Crippen molar-refractivity contribution in [2.45, 2.75) is 32.6 Å². The first-order chi connectivity index (χ1) is 13.1. The number of aryl methyl sites for hydroxylation is 2. The van der Waals surface area contributed by atoms with Crippen molar-refractivity contribution >= 4 is 17.2 Å². The molecule has 0 unspecified atom stereocenters. The SMILES string of the molecule is Cc1cc2c(N3CCN(c4nc(C5CC5)nc(C)c4F)CC3)nccn2n1. The predicted octanol–water partition coefficient (Wildman–Crippen LogP) is 2.48. The van der Waals surface area contributed by atoms with Crippen molar-refractivity contribution in [2.24, 2.45) is 0 Å². The summed E-state index contributed by atoms with van der Waals surface area (Å²) in [6.45, 7) is 6.64. The van der Waals surface area contributed by atoms with E-state index in [4.69, 9.17) is 0 Å². The Kier molecular flexibility index (Phi) is 3.73. The Hall–Kier alpha value is -2.77. The van der Waals surface area contributed by atoms with E-state index in [9.17, 15) is 4.39 Å². The summed E-state index contributed by atoms with van der Waals surface area (Å²) in [4.78, 5) is 17.7. The van der Waals surface area contributed by atoms with Gasteiger partial charge in [0.2, 0.25) is 0 Å². The maximum absolute atomic E-state index is 14.7. The molecule has 140 valence electrons. The van der Waals surface area contributed by atoms with Gasteiger partial charge in [-0.2, -0.15) is 5.10 Å². The summed E-state index contributed by atoms with van der Waals surface area (Å²) >= 11 is 0. The third kappa shape index (κ3) is 2.89. The Balaban J connectivity index is 1.39. The van der Waals surface area contributed by atoms with Gasteiger partial charge < -0.3 is 9.80 Å². The van der Waals surface area contributed by atoms with E-state index in [1.807, 2.05) is 28.6 Å². The summed E-state index contributed by atoms with van der Waals surface area (Å²) in [7, 11) is 0. The van der Waals surface area contributed by atoms with Crippen LogP contribution in [-0.4, -0.2) is 50.7 Å². The fourth-order valence-corrected chi connectivity index (χ4v) is 3.70. The van der Waals surface area contributed by atoms with Crippen LogP contribution in [0.25, 0.3) is 5.52 Å². The highest BCUT2D eigenvalue weighted by Crippen LogP contribution is 2.39. The normalized spacial score (nSPS) is 17.7. The van der Waals surface area contributed by atoms with Crippen LogP contribution in [0, 0.1) is 19.7 Å². The van der Waals surface area contributed by atoms with E-state index in [1.165, 1.54) is 0 Å². The van der Waals surface area contributed by atoms with Crippen molar-refractivity contribution in [1.29, 1.82) is 0 Å². The molecular formula is C19H22FN7. The summed E-state index contributed by atoms with van der Waals surface area (Å²) in [5, 5.41) is 4.46. The second-order valence-electron chi connectivity index (χ2n) is 7.42. The van der Waals surface area contributed by atoms with Crippen LogP contribution < -0.4 is 9.80 Å². The lowest BCUT2D eigenvalue weighted by molar-refractivity contribution is 0.568. The molecule has 3 aromatic rings. The smallest absolute Gasteiger partial charge is 0.186 e. The molecule has 4 heterocycles. The largest absolute Gasteiger partial charge is 0.351 e. The molecular weight excluding hydrogens is 345 g/mol. The summed E-state index contributed by atoms with van der Waals surface area (Å²) < 4.78 is 16.5. The molecule has 0 spiro atoms. The van der Waals surface area contributed by atoms with E-state index >= 15 is 0 Å². The molecule has 2 aliphatic rings. The molecule has 3 aromatic heterocycles. The van der Waals surface area contributed by atoms with Gasteiger partial charge in [-0.1, -0.05) is 0 Å². The highest BCUT2D eigenvalue weighted by molar-refractivity contribution is 5.69. The van der Waals surface area contributed by atoms with Crippen molar-refractivity contribution in [3.05, 3.63) is 41.5 Å². The number of hydrogen-bond donors (Lipinski definition) is 0. The van der Waals surface area contributed by atoms with Crippen LogP contribution in [0.2, 0.25) is 0 Å². The first kappa shape index (κ1) is 16.4. The van der Waals surface area contributed by atoms with Gasteiger partial charge in [-0.05, 0) is 32.8 Å². The maximum Gasteiger partial charge on any atom is 0.186 e. The number of aromatic nitrogens is 5. The third-order valence-electron chi connectivity index (χ3n) is 5.33. The maximum atomic E-state index is 14.7. The standard InChI is InChI=1S/C19H22FN7/c1-12-11-15-18(21-5-6-27(15)24-12)25-7-9-26(10-8-25)19-16(20)13(2)22-17(23-19)14-3-4-14/h5-6,11,14H,3-4,7-10H2,1-2H3. The van der Waals surface area contributed by atoms with Gasteiger partial charge in [0.25, 0.3) is 0 Å². The molecule has 0 aromatic carbocycles. The number of rotatable bonds is 3. The van der Waals surface area contributed by atoms with Gasteiger partial charge >= 0.3 is 0 Å². The number of hydrogen-bond acceptors (Lipinski definition) is 6. The van der Waals surface area contributed by atoms with Crippen LogP contribution in [0.4, 0.5) is 16.0 Å². The topological polar surface area (TPSA) is 62.5 Å². The Morgan fingerprint density at radius 3 is 2.41 bits per heavy atom. The minimum atomic E-state index is -0.292. The second-order valence-corrected chi connectivity index (χ2v) is 7.42. The van der Waals surface area contributed by atoms with E-state index in [-0.39, 0.29) is 5.82 Å². The summed E-state index contributed by atoms with van der Waals surface area (Å²) in [6.07, 6.45) is 5.86. The molecule has 5 rings (SSSR count). The number of piperazine rings is 1. The number of halogens is 1. The van der Waals surface area contributed by atoms with Crippen molar-refractivity contribution in [3.8, 4) is 0 Å². The monoisotopic (exact) mass is 367 g/mol. The van der Waals surface area contributed by atoms with Crippen LogP contribution in [0.5, 0.6) is 0 Å². The minimum absolute atomic E-state index is 0.292. The van der Waals surface area contributed by atoms with Crippen LogP contribution in [0.3, 0.4) is 0 Å². The van der Waals surface area contributed by atoms with Crippen LogP contribution >= 0.6 is 0 Å². The fourth-order valence-electron chi connectivity index (χ4n) is 3.70. The average Bonchev–Trinajstić information content (AvgIpc) is 3.44. The van der Waals surface area contributed by atoms with Crippen molar-refractivity contribution in [1.82, 2.24) is 24.6 Å². The molecule has 1 aliphatic carbocycles. The number of nitrogens with zero attached hydrogens (tertiary/aromatic N) is 7. The van der Waals surface area contributed by atoms with Gasteiger partial charge in [-0.3, -0.25) is 0 Å². The van der Waals surface area contributed by atoms with Gasteiger partial charge in [0.05, 0.1) is 11.4 Å². The van der Waals surface area contributed by atoms with Crippen molar-refractivity contribution < 1.29 is 4.39 Å². The average molecular weight is 367 g/mol. The Morgan fingerprint density at radius 2 is 1.70 bits per heavy atom. The molecule has 27 heavy (non-hydrogen) atoms. The quantitative estimate of drug-likeness (QED) is 0.709. The van der Waals surface area contributed by atoms with E-state index in [0.717, 1.165) is 48.8 Å². The van der Waals surface area contributed by atoms with Gasteiger partial charge in [0, 0.05) is 44.5 Å². The summed E-state index contributed by atoms with van der Waals surface area (Å²) in [6, 6.07) is 2.05. The summed E-state index contributed by atoms with van der Waals surface area (Å²) in [5.41, 5.74) is 2.42. The molecule has 1 aliphatic heterocycles. The van der Waals surface area contributed by atoms with Crippen LogP contribution in [0.1, 0.15) is 36.0 Å². The number of anilines is 2. The molecule has 2 fully saturated rings. The lowest BCUT2D eigenvalue weighted by Gasteiger charge is -2.36. The van der Waals surface area contributed by atoms with Crippen LogP contribution in [0.15, 0.2) is 18.5 Å². The van der Waals surface area contributed by atoms with Gasteiger partial charge in [-0.15, -0.1) is 0 Å². The molecule has 0 N–H and O–H groups in total. The lowest BCUT2D eigenvalue weighted by atomic mass is 10.2. The molecule has 7 nitrogen and oxygen atoms in total. The molecule has 1 saturated heterocycles. The van der Waals surface area contributed by atoms with Gasteiger partial charge in [0.15, 0.2) is 17.5 Å². The third-order valence-corrected chi connectivity index (χ3v) is 5.33. The van der Waals surface area contributed by atoms with E-state index in [0.29, 0.717) is 30.5 Å². The van der Waals surface area contributed by atoms with E-state index in [1.54, 1.807) is 13.1 Å². The minimum Gasteiger partial charge on any atom is -0.351 e. The van der Waals surface area contributed by atoms with Gasteiger partial charge in [-0.25, -0.2) is 23.9 Å². The lowest BCUT2D eigenvalue weighted by Crippen LogP contribution is -2.47. The van der Waals surface area contributed by atoms with E-state index in [2.05, 4.69) is 25.0 Å². The molecule has 1 saturated carbocycles. The molecule has 0 radical (unpaired) electrons.